The van der Waals surface area contributed by atoms with E-state index in [1.165, 1.54) is 18.3 Å². The van der Waals surface area contributed by atoms with Gasteiger partial charge in [0, 0.05) is 23.5 Å². The molecule has 0 fully saturated rings. The lowest BCUT2D eigenvalue weighted by molar-refractivity contribution is -0.304. The fourth-order valence-electron chi connectivity index (χ4n) is 1.78. The van der Waals surface area contributed by atoms with Crippen molar-refractivity contribution in [1.82, 2.24) is 4.98 Å². The molecular formula is C14H15N2O4S2-. The molecule has 0 unspecified atom stereocenters. The lowest BCUT2D eigenvalue weighted by Gasteiger charge is -2.08. The zero-order chi connectivity index (χ0) is 16.3. The van der Waals surface area contributed by atoms with Crippen LogP contribution in [0.1, 0.15) is 30.2 Å². The summed E-state index contributed by atoms with van der Waals surface area (Å²) < 4.78 is 26.8. The third-order valence-electron chi connectivity index (χ3n) is 2.95. The average Bonchev–Trinajstić information content (AvgIpc) is 2.84. The minimum Gasteiger partial charge on any atom is -0.550 e. The van der Waals surface area contributed by atoms with Crippen LogP contribution in [0.2, 0.25) is 0 Å². The van der Waals surface area contributed by atoms with Gasteiger partial charge in [-0.15, -0.1) is 11.3 Å². The summed E-state index contributed by atoms with van der Waals surface area (Å²) in [6, 6.07) is 6.60. The van der Waals surface area contributed by atoms with Gasteiger partial charge in [-0.2, -0.15) is 0 Å². The van der Waals surface area contributed by atoms with E-state index in [-0.39, 0.29) is 16.4 Å². The molecule has 0 bridgehead atoms. The Morgan fingerprint density at radius 2 is 1.95 bits per heavy atom. The summed E-state index contributed by atoms with van der Waals surface area (Å²) in [7, 11) is -3.74. The fraction of sp³-hybridized carbons (Fsp3) is 0.286. The molecule has 0 radical (unpaired) electrons. The number of nitrogens with zero attached hydrogens (tertiary/aromatic N) is 1. The predicted octanol–water partition coefficient (Wildman–Crippen LogP) is 1.36. The van der Waals surface area contributed by atoms with E-state index in [9.17, 15) is 18.3 Å². The molecule has 1 heterocycles. The summed E-state index contributed by atoms with van der Waals surface area (Å²) >= 11 is 0.969. The largest absolute Gasteiger partial charge is 0.550 e. The van der Waals surface area contributed by atoms with Crippen molar-refractivity contribution in [3.8, 4) is 0 Å². The Morgan fingerprint density at radius 3 is 2.50 bits per heavy atom. The molecule has 0 spiro atoms. The van der Waals surface area contributed by atoms with Gasteiger partial charge in [-0.1, -0.05) is 26.0 Å². The van der Waals surface area contributed by atoms with Crippen LogP contribution >= 0.6 is 11.3 Å². The molecule has 2 aromatic rings. The standard InChI is InChI=1S/C14H16N2O4S2/c1-9(2)10-3-5-12(6-4-10)22(19,20)16-14-15-8-11(21-14)7-13(17)18/h3-6,8-9H,7H2,1-2H3,(H,15,16)(H,17,18)/p-1. The average molecular weight is 339 g/mol. The van der Waals surface area contributed by atoms with Gasteiger partial charge in [0.05, 0.1) is 4.90 Å². The number of aliphatic carboxylic acids is 1. The number of carboxylic acid groups (broad SMARTS) is 1. The maximum Gasteiger partial charge on any atom is 0.263 e. The summed E-state index contributed by atoms with van der Waals surface area (Å²) in [5.74, 6) is -0.918. The van der Waals surface area contributed by atoms with Gasteiger partial charge in [0.2, 0.25) is 0 Å². The third-order valence-corrected chi connectivity index (χ3v) is 5.35. The van der Waals surface area contributed by atoms with Gasteiger partial charge >= 0.3 is 0 Å². The Balaban J connectivity index is 2.16. The Morgan fingerprint density at radius 1 is 1.32 bits per heavy atom. The number of nitrogens with one attached hydrogen (secondary N) is 1. The monoisotopic (exact) mass is 339 g/mol. The number of hydrogen-bond donors (Lipinski definition) is 1. The molecule has 8 heteroatoms. The highest BCUT2D eigenvalue weighted by Gasteiger charge is 2.16. The van der Waals surface area contributed by atoms with Crippen LogP contribution in [0.5, 0.6) is 0 Å². The van der Waals surface area contributed by atoms with Gasteiger partial charge < -0.3 is 9.90 Å². The van der Waals surface area contributed by atoms with Crippen LogP contribution in [0.25, 0.3) is 0 Å². The topological polar surface area (TPSA) is 99.2 Å². The molecule has 0 aliphatic rings. The van der Waals surface area contributed by atoms with E-state index in [1.54, 1.807) is 12.1 Å². The first kappa shape index (κ1) is 16.4. The van der Waals surface area contributed by atoms with Crippen molar-refractivity contribution >= 4 is 32.5 Å². The van der Waals surface area contributed by atoms with E-state index in [0.29, 0.717) is 10.8 Å². The van der Waals surface area contributed by atoms with Crippen molar-refractivity contribution < 1.29 is 18.3 Å². The zero-order valence-electron chi connectivity index (χ0n) is 12.1. The van der Waals surface area contributed by atoms with Crippen molar-refractivity contribution in [3.05, 3.63) is 40.9 Å². The highest BCUT2D eigenvalue weighted by molar-refractivity contribution is 7.93. The van der Waals surface area contributed by atoms with E-state index in [0.717, 1.165) is 16.9 Å². The van der Waals surface area contributed by atoms with Crippen LogP contribution in [-0.2, 0) is 21.2 Å². The second-order valence-corrected chi connectivity index (χ2v) is 7.81. The molecule has 0 amide bonds. The molecule has 0 saturated heterocycles. The Hall–Kier alpha value is -1.93. The number of hydrogen-bond acceptors (Lipinski definition) is 6. The zero-order valence-corrected chi connectivity index (χ0v) is 13.7. The first-order valence-electron chi connectivity index (χ1n) is 6.55. The molecule has 1 N–H and O–H groups in total. The second-order valence-electron chi connectivity index (χ2n) is 5.01. The van der Waals surface area contributed by atoms with Crippen molar-refractivity contribution in [2.24, 2.45) is 0 Å². The molecule has 0 saturated carbocycles. The number of anilines is 1. The number of carboxylic acids is 1. The van der Waals surface area contributed by atoms with Gasteiger partial charge in [-0.3, -0.25) is 4.72 Å². The molecule has 0 atom stereocenters. The Bertz CT molecular complexity index is 764. The van der Waals surface area contributed by atoms with Crippen molar-refractivity contribution in [2.75, 3.05) is 4.72 Å². The predicted molar refractivity (Wildman–Crippen MR) is 82.2 cm³/mol. The van der Waals surface area contributed by atoms with E-state index < -0.39 is 16.0 Å². The minimum absolute atomic E-state index is 0.129. The summed E-state index contributed by atoms with van der Waals surface area (Å²) in [6.45, 7) is 4.05. The Labute approximate surface area is 132 Å². The van der Waals surface area contributed by atoms with E-state index in [4.69, 9.17) is 0 Å². The van der Waals surface area contributed by atoms with Gasteiger partial charge in [0.25, 0.3) is 10.0 Å². The summed E-state index contributed by atoms with van der Waals surface area (Å²) in [5, 5.41) is 10.6. The number of rotatable bonds is 6. The summed E-state index contributed by atoms with van der Waals surface area (Å²) in [6.07, 6.45) is 1.03. The molecular weight excluding hydrogens is 324 g/mol. The number of benzene rings is 1. The van der Waals surface area contributed by atoms with E-state index in [1.807, 2.05) is 13.8 Å². The van der Waals surface area contributed by atoms with Gasteiger partial charge in [-0.05, 0) is 23.6 Å². The molecule has 1 aromatic carbocycles. The smallest absolute Gasteiger partial charge is 0.263 e. The molecule has 22 heavy (non-hydrogen) atoms. The summed E-state index contributed by atoms with van der Waals surface area (Å²) in [4.78, 5) is 14.9. The second kappa shape index (κ2) is 6.45. The Kier molecular flexibility index (Phi) is 4.82. The number of sulfonamides is 1. The maximum atomic E-state index is 12.2. The maximum absolute atomic E-state index is 12.2. The molecule has 2 rings (SSSR count). The number of carbonyl (C=O) groups excluding carboxylic acids is 1. The van der Waals surface area contributed by atoms with Crippen molar-refractivity contribution in [1.29, 1.82) is 0 Å². The van der Waals surface area contributed by atoms with Crippen LogP contribution in [0.3, 0.4) is 0 Å². The quantitative estimate of drug-likeness (QED) is 0.856. The minimum atomic E-state index is -3.74. The SMILES string of the molecule is CC(C)c1ccc(S(=O)(=O)Nc2ncc(CC(=O)[O-])s2)cc1. The molecule has 1 aromatic heterocycles. The normalized spacial score (nSPS) is 11.6. The van der Waals surface area contributed by atoms with Crippen LogP contribution in [0, 0.1) is 0 Å². The third kappa shape index (κ3) is 4.05. The lowest BCUT2D eigenvalue weighted by Crippen LogP contribution is -2.23. The highest BCUT2D eigenvalue weighted by atomic mass is 32.2. The summed E-state index contributed by atoms with van der Waals surface area (Å²) in [5.41, 5.74) is 1.05. The van der Waals surface area contributed by atoms with Crippen LogP contribution in [-0.4, -0.2) is 19.4 Å². The van der Waals surface area contributed by atoms with Gasteiger partial charge in [0.1, 0.15) is 0 Å². The molecule has 0 aliphatic heterocycles. The van der Waals surface area contributed by atoms with Crippen LogP contribution < -0.4 is 9.83 Å². The number of thiazole rings is 1. The molecule has 118 valence electrons. The lowest BCUT2D eigenvalue weighted by atomic mass is 10.0. The first-order chi connectivity index (χ1) is 10.3. The number of carbonyl (C=O) groups is 1. The number of aromatic nitrogens is 1. The van der Waals surface area contributed by atoms with E-state index >= 15 is 0 Å². The van der Waals surface area contributed by atoms with Crippen molar-refractivity contribution in [3.63, 3.8) is 0 Å². The van der Waals surface area contributed by atoms with Crippen LogP contribution in [0.15, 0.2) is 35.4 Å². The van der Waals surface area contributed by atoms with E-state index in [2.05, 4.69) is 9.71 Å². The first-order valence-corrected chi connectivity index (χ1v) is 8.85. The highest BCUT2D eigenvalue weighted by Crippen LogP contribution is 2.23. The van der Waals surface area contributed by atoms with Crippen LogP contribution in [0.4, 0.5) is 5.13 Å². The van der Waals surface area contributed by atoms with Crippen molar-refractivity contribution in [2.45, 2.75) is 31.1 Å². The molecule has 0 aliphatic carbocycles. The van der Waals surface area contributed by atoms with Gasteiger partial charge in [0.15, 0.2) is 5.13 Å². The van der Waals surface area contributed by atoms with Gasteiger partial charge in [-0.25, -0.2) is 13.4 Å². The fourth-order valence-corrected chi connectivity index (χ4v) is 3.82. The molecule has 6 nitrogen and oxygen atoms in total.